The lowest BCUT2D eigenvalue weighted by Crippen LogP contribution is -2.12. The molecule has 0 saturated carbocycles. The van der Waals surface area contributed by atoms with Gasteiger partial charge in [0, 0.05) is 57.1 Å². The molecule has 12 aromatic rings. The molecule has 8 unspecified atom stereocenters. The molecule has 0 aliphatic heterocycles. The largest absolute Gasteiger partial charge is 0.508 e. The average Bonchev–Trinajstić information content (AvgIpc) is 0.877. The van der Waals surface area contributed by atoms with E-state index >= 15 is 0 Å². The highest BCUT2D eigenvalue weighted by Crippen LogP contribution is 2.33. The lowest BCUT2D eigenvalue weighted by atomic mass is 9.99. The molecule has 0 radical (unpaired) electrons. The molecule has 0 spiro atoms. The third-order valence-corrected chi connectivity index (χ3v) is 25.4. The van der Waals surface area contributed by atoms with Crippen molar-refractivity contribution in [2.75, 3.05) is 81.3 Å². The van der Waals surface area contributed by atoms with Crippen molar-refractivity contribution in [3.05, 3.63) is 356 Å². The van der Waals surface area contributed by atoms with Crippen molar-refractivity contribution in [3.63, 3.8) is 0 Å². The van der Waals surface area contributed by atoms with Crippen molar-refractivity contribution < 1.29 is 87.5 Å². The zero-order valence-electron chi connectivity index (χ0n) is 89.9. The molecule has 8 atom stereocenters. The SMILES string of the molecule is CCC(C)c1ccc(O)cc1.CCC(C)c1ccc(O)cc1.CCC(C)c1ccc(O)cc1.CCC(C)c1ccc(O)cc1.CCC(C)c1ccc(OCCCOc2ccc(COC)cc2)cc1.CCC(C)c1ccc(OCCOc2c(CO)cc(C)cc2CO)cc1.CCC(C)c1ccc(OCCOc2c(COC)cc(C)cc2COC)cc1.CCC(C)c1ccc(OCCOc2ccc(COC)cc2)cc1. The summed E-state index contributed by atoms with van der Waals surface area (Å²) in [5.41, 5.74) is 18.4. The first-order valence-corrected chi connectivity index (χ1v) is 51.3. The third kappa shape index (κ3) is 46.9. The number of rotatable bonds is 47. The normalized spacial score (nSPS) is 12.3. The smallest absolute Gasteiger partial charge is 0.130 e. The first kappa shape index (κ1) is 121. The summed E-state index contributed by atoms with van der Waals surface area (Å²) in [5.74, 6) is 12.7. The van der Waals surface area contributed by atoms with Crippen LogP contribution in [0.4, 0.5) is 0 Å². The Labute approximate surface area is 858 Å². The minimum absolute atomic E-state index is 0.123. The number of phenolic OH excluding ortho intramolecular Hbond substituents is 4. The molecule has 0 bridgehead atoms. The van der Waals surface area contributed by atoms with Gasteiger partial charge < -0.3 is 87.5 Å². The van der Waals surface area contributed by atoms with Crippen LogP contribution in [0.15, 0.2) is 267 Å². The predicted octanol–water partition coefficient (Wildman–Crippen LogP) is 30.8. The van der Waals surface area contributed by atoms with E-state index in [9.17, 15) is 10.2 Å². The summed E-state index contributed by atoms with van der Waals surface area (Å²) in [6, 6.07) is 86.8. The second-order valence-corrected chi connectivity index (χ2v) is 36.4. The van der Waals surface area contributed by atoms with Gasteiger partial charge in [0.15, 0.2) is 0 Å². The Hall–Kier alpha value is -12.0. The minimum Gasteiger partial charge on any atom is -0.508 e. The first-order valence-electron chi connectivity index (χ1n) is 51.3. The van der Waals surface area contributed by atoms with Crippen molar-refractivity contribution in [3.8, 4) is 69.0 Å². The van der Waals surface area contributed by atoms with Crippen LogP contribution < -0.4 is 37.9 Å². The van der Waals surface area contributed by atoms with Gasteiger partial charge in [0.25, 0.3) is 0 Å². The van der Waals surface area contributed by atoms with Crippen molar-refractivity contribution in [1.82, 2.24) is 0 Å². The molecule has 778 valence electrons. The highest BCUT2D eigenvalue weighted by Gasteiger charge is 2.17. The molecule has 18 heteroatoms. The van der Waals surface area contributed by atoms with Gasteiger partial charge in [0.2, 0.25) is 0 Å². The molecule has 18 nitrogen and oxygen atoms in total. The molecular formula is C125H170O18. The van der Waals surface area contributed by atoms with Gasteiger partial charge in [0.05, 0.1) is 52.9 Å². The summed E-state index contributed by atoms with van der Waals surface area (Å²) in [6.45, 7) is 45.2. The molecule has 6 N–H and O–H groups in total. The van der Waals surface area contributed by atoms with Crippen molar-refractivity contribution in [1.29, 1.82) is 0 Å². The molecule has 0 saturated heterocycles. The predicted molar refractivity (Wildman–Crippen MR) is 586 cm³/mol. The van der Waals surface area contributed by atoms with Crippen molar-refractivity contribution in [2.24, 2.45) is 0 Å². The summed E-state index contributed by atoms with van der Waals surface area (Å²) in [6.07, 6.45) is 9.99. The molecule has 12 aromatic carbocycles. The van der Waals surface area contributed by atoms with Crippen LogP contribution in [-0.4, -0.2) is 112 Å². The summed E-state index contributed by atoms with van der Waals surface area (Å²) in [5, 5.41) is 55.0. The number of hydrogen-bond acceptors (Lipinski definition) is 18. The van der Waals surface area contributed by atoms with Crippen LogP contribution in [0.25, 0.3) is 0 Å². The van der Waals surface area contributed by atoms with E-state index in [1.807, 2.05) is 153 Å². The number of aromatic hydroxyl groups is 4. The summed E-state index contributed by atoms with van der Waals surface area (Å²) in [4.78, 5) is 0. The molecule has 0 amide bonds. The topological polar surface area (TPSA) is 232 Å². The van der Waals surface area contributed by atoms with E-state index in [2.05, 4.69) is 190 Å². The Morgan fingerprint density at radius 1 is 0.210 bits per heavy atom. The van der Waals surface area contributed by atoms with Gasteiger partial charge in [0.1, 0.15) is 109 Å². The lowest BCUT2D eigenvalue weighted by Gasteiger charge is -2.17. The number of benzene rings is 12. The maximum atomic E-state index is 9.50. The maximum Gasteiger partial charge on any atom is 0.130 e. The molecule has 0 aromatic heterocycles. The number of hydrogen-bond donors (Lipinski definition) is 6. The van der Waals surface area contributed by atoms with E-state index in [-0.39, 0.29) is 13.2 Å². The Bertz CT molecular complexity index is 5010. The van der Waals surface area contributed by atoms with Crippen LogP contribution in [-0.2, 0) is 58.6 Å². The molecule has 0 heterocycles. The van der Waals surface area contributed by atoms with Crippen molar-refractivity contribution >= 4 is 0 Å². The van der Waals surface area contributed by atoms with Crippen LogP contribution in [0.3, 0.4) is 0 Å². The van der Waals surface area contributed by atoms with E-state index in [0.717, 1.165) is 126 Å². The number of methoxy groups -OCH3 is 4. The fourth-order valence-corrected chi connectivity index (χ4v) is 14.7. The van der Waals surface area contributed by atoms with Gasteiger partial charge in [-0.05, 0) is 290 Å². The molecule has 0 aliphatic rings. The lowest BCUT2D eigenvalue weighted by molar-refractivity contribution is 0.164. The Morgan fingerprint density at radius 3 is 0.566 bits per heavy atom. The average molecular weight is 1960 g/mol. The van der Waals surface area contributed by atoms with Gasteiger partial charge in [-0.15, -0.1) is 0 Å². The number of phenols is 4. The standard InChI is InChI=1S/C23H32O4.C21H28O4.C21H28O3.C20H26O3.4C10H14O/c1-6-18(3)19-7-9-22(10-8-19)26-11-12-27-23-20(15-24-4)13-17(2)14-21(23)16-25-5;1-4-16(3)17-5-7-20(8-6-17)24-9-10-25-21-18(13-22)11-15(2)12-19(21)14-23;1-4-17(2)19-8-12-21(13-9-19)24-15-5-14-23-20-10-6-18(7-11-20)16-22-3;1-4-16(2)18-7-11-20(12-8-18)23-14-13-22-19-9-5-17(6-10-19)15-21-3;4*1-3-8(2)9-4-6-10(11)7-5-9/h7-10,13-14,18H,6,11-12,15-16H2,1-5H3;5-8,11-12,16,22-23H,4,9-10,13-14H2,1-3H3;6-13,17H,4-5,14-16H2,1-3H3;5-12,16H,4,13-15H2,1-3H3;4*4-8,11H,3H2,1-2H3. The van der Waals surface area contributed by atoms with Gasteiger partial charge in [-0.25, -0.2) is 0 Å². The third-order valence-electron chi connectivity index (χ3n) is 25.4. The fraction of sp³-hybridized carbons (Fsp3) is 0.424. The number of aliphatic hydroxyl groups excluding tert-OH is 2. The van der Waals surface area contributed by atoms with E-state index in [1.165, 1.54) is 50.1 Å². The second-order valence-electron chi connectivity index (χ2n) is 36.4. The highest BCUT2D eigenvalue weighted by atomic mass is 16.5. The summed E-state index contributed by atoms with van der Waals surface area (Å²) < 4.78 is 67.0. The van der Waals surface area contributed by atoms with Crippen LogP contribution in [0, 0.1) is 13.8 Å². The number of aryl methyl sites for hydroxylation is 2. The van der Waals surface area contributed by atoms with Gasteiger partial charge in [-0.2, -0.15) is 0 Å². The highest BCUT2D eigenvalue weighted by molar-refractivity contribution is 5.46. The Kier molecular flexibility index (Phi) is 60.0. The van der Waals surface area contributed by atoms with Crippen molar-refractivity contribution in [2.45, 2.75) is 269 Å². The summed E-state index contributed by atoms with van der Waals surface area (Å²) in [7, 11) is 6.77. The van der Waals surface area contributed by atoms with Crippen LogP contribution in [0.5, 0.6) is 69.0 Å². The number of aliphatic hydroxyl groups is 2. The quantitative estimate of drug-likeness (QED) is 0.0195. The van der Waals surface area contributed by atoms with Gasteiger partial charge in [-0.1, -0.05) is 267 Å². The minimum atomic E-state index is -0.123. The second kappa shape index (κ2) is 70.6. The van der Waals surface area contributed by atoms with Crippen LogP contribution >= 0.6 is 0 Å². The van der Waals surface area contributed by atoms with Crippen LogP contribution in [0.2, 0.25) is 0 Å². The summed E-state index contributed by atoms with van der Waals surface area (Å²) >= 11 is 0. The van der Waals surface area contributed by atoms with E-state index in [0.29, 0.717) is 167 Å². The van der Waals surface area contributed by atoms with E-state index in [4.69, 9.17) is 77.3 Å². The zero-order valence-corrected chi connectivity index (χ0v) is 89.9. The molecular weight excluding hydrogens is 1790 g/mol. The van der Waals surface area contributed by atoms with E-state index in [1.54, 1.807) is 77.0 Å². The molecule has 0 aliphatic carbocycles. The molecule has 143 heavy (non-hydrogen) atoms. The van der Waals surface area contributed by atoms with Crippen LogP contribution in [0.1, 0.15) is 305 Å². The maximum absolute atomic E-state index is 9.50. The first-order chi connectivity index (χ1) is 69.1. The molecule has 0 fully saturated rings. The monoisotopic (exact) mass is 1960 g/mol. The van der Waals surface area contributed by atoms with E-state index < -0.39 is 0 Å². The van der Waals surface area contributed by atoms with Gasteiger partial charge in [-0.3, -0.25) is 0 Å². The number of ether oxygens (including phenoxy) is 12. The zero-order chi connectivity index (χ0) is 105. The van der Waals surface area contributed by atoms with Gasteiger partial charge >= 0.3 is 0 Å². The molecule has 12 rings (SSSR count). The Balaban J connectivity index is 0.000000295. The Morgan fingerprint density at radius 2 is 0.378 bits per heavy atom. The fourth-order valence-electron chi connectivity index (χ4n) is 14.7.